The highest BCUT2D eigenvalue weighted by Gasteiger charge is 2.27. The van der Waals surface area contributed by atoms with E-state index in [1.54, 1.807) is 18.2 Å². The Hall–Kier alpha value is -1.71. The van der Waals surface area contributed by atoms with Crippen molar-refractivity contribution in [2.45, 2.75) is 39.2 Å². The van der Waals surface area contributed by atoms with Gasteiger partial charge in [0.05, 0.1) is 5.56 Å². The Bertz CT molecular complexity index is 472. The van der Waals surface area contributed by atoms with Gasteiger partial charge in [0.15, 0.2) is 0 Å². The summed E-state index contributed by atoms with van der Waals surface area (Å²) in [6.45, 7) is 4.55. The summed E-state index contributed by atoms with van der Waals surface area (Å²) in [4.78, 5) is 11.5. The number of carbonyl (C=O) groups excluding carboxylic acids is 1. The van der Waals surface area contributed by atoms with Gasteiger partial charge in [-0.05, 0) is 36.5 Å². The molecule has 0 saturated heterocycles. The normalized spacial score (nSPS) is 26.9. The molecule has 0 bridgehead atoms. The molecule has 0 heterocycles. The zero-order chi connectivity index (χ0) is 14.0. The standard InChI is InChI=1S/C15H23N3O/c1-9-4-3-5-13(10(9)2)18-14-8-11(16)6-7-12(14)15(17)19/h6-10,13,18H,3-5,16H2,1-2H3,(H2,17,19). The Morgan fingerprint density at radius 1 is 1.32 bits per heavy atom. The van der Waals surface area contributed by atoms with Gasteiger partial charge in [0.25, 0.3) is 5.91 Å². The lowest BCUT2D eigenvalue weighted by atomic mass is 9.78. The third-order valence-corrected chi connectivity index (χ3v) is 4.36. The van der Waals surface area contributed by atoms with Crippen LogP contribution in [-0.4, -0.2) is 11.9 Å². The van der Waals surface area contributed by atoms with Crippen LogP contribution in [-0.2, 0) is 0 Å². The van der Waals surface area contributed by atoms with Crippen LogP contribution in [0.4, 0.5) is 11.4 Å². The van der Waals surface area contributed by atoms with Crippen molar-refractivity contribution in [1.82, 2.24) is 0 Å². The third-order valence-electron chi connectivity index (χ3n) is 4.36. The second kappa shape index (κ2) is 5.51. The molecular weight excluding hydrogens is 238 g/mol. The van der Waals surface area contributed by atoms with E-state index in [-0.39, 0.29) is 0 Å². The van der Waals surface area contributed by atoms with Gasteiger partial charge in [-0.15, -0.1) is 0 Å². The first-order valence-corrected chi connectivity index (χ1v) is 6.95. The van der Waals surface area contributed by atoms with E-state index in [0.717, 1.165) is 12.1 Å². The van der Waals surface area contributed by atoms with Gasteiger partial charge in [-0.25, -0.2) is 0 Å². The van der Waals surface area contributed by atoms with E-state index in [1.807, 2.05) is 0 Å². The number of benzene rings is 1. The molecule has 1 aliphatic rings. The van der Waals surface area contributed by atoms with Crippen molar-refractivity contribution in [3.05, 3.63) is 23.8 Å². The molecule has 0 aliphatic heterocycles. The first-order valence-electron chi connectivity index (χ1n) is 6.95. The summed E-state index contributed by atoms with van der Waals surface area (Å²) in [7, 11) is 0. The number of nitrogen functional groups attached to an aromatic ring is 1. The molecule has 0 spiro atoms. The van der Waals surface area contributed by atoms with Crippen LogP contribution in [0.3, 0.4) is 0 Å². The van der Waals surface area contributed by atoms with Crippen LogP contribution in [0.2, 0.25) is 0 Å². The molecule has 1 aromatic rings. The topological polar surface area (TPSA) is 81.1 Å². The van der Waals surface area contributed by atoms with Gasteiger partial charge in [-0.2, -0.15) is 0 Å². The van der Waals surface area contributed by atoms with Gasteiger partial charge in [0.2, 0.25) is 0 Å². The predicted molar refractivity (Wildman–Crippen MR) is 79.0 cm³/mol. The second-order valence-electron chi connectivity index (χ2n) is 5.69. The number of nitrogens with one attached hydrogen (secondary N) is 1. The molecule has 1 fully saturated rings. The molecule has 1 aromatic carbocycles. The molecule has 0 radical (unpaired) electrons. The van der Waals surface area contributed by atoms with Crippen LogP contribution in [0.25, 0.3) is 0 Å². The van der Waals surface area contributed by atoms with Crippen LogP contribution < -0.4 is 16.8 Å². The van der Waals surface area contributed by atoms with E-state index in [9.17, 15) is 4.79 Å². The van der Waals surface area contributed by atoms with Crippen molar-refractivity contribution in [1.29, 1.82) is 0 Å². The fourth-order valence-electron chi connectivity index (χ4n) is 2.88. The maximum absolute atomic E-state index is 11.5. The lowest BCUT2D eigenvalue weighted by molar-refractivity contribution is 0.100. The number of rotatable bonds is 3. The minimum Gasteiger partial charge on any atom is -0.399 e. The van der Waals surface area contributed by atoms with E-state index in [4.69, 9.17) is 11.5 Å². The molecule has 2 rings (SSSR count). The highest BCUT2D eigenvalue weighted by atomic mass is 16.1. The van der Waals surface area contributed by atoms with Gasteiger partial charge < -0.3 is 16.8 Å². The average Bonchev–Trinajstić information content (AvgIpc) is 2.35. The van der Waals surface area contributed by atoms with Gasteiger partial charge in [-0.1, -0.05) is 26.7 Å². The minimum absolute atomic E-state index is 0.378. The average molecular weight is 261 g/mol. The number of hydrogen-bond acceptors (Lipinski definition) is 3. The number of anilines is 2. The molecule has 5 N–H and O–H groups in total. The molecular formula is C15H23N3O. The summed E-state index contributed by atoms with van der Waals surface area (Å²) in [6.07, 6.45) is 3.62. The van der Waals surface area contributed by atoms with Gasteiger partial charge in [-0.3, -0.25) is 4.79 Å². The van der Waals surface area contributed by atoms with Crippen LogP contribution in [0, 0.1) is 11.8 Å². The lowest BCUT2D eigenvalue weighted by Gasteiger charge is -2.35. The number of hydrogen-bond donors (Lipinski definition) is 3. The molecule has 104 valence electrons. The SMILES string of the molecule is CC1CCCC(Nc2cc(N)ccc2C(N)=O)C1C. The Morgan fingerprint density at radius 2 is 2.05 bits per heavy atom. The fourth-order valence-corrected chi connectivity index (χ4v) is 2.88. The molecule has 19 heavy (non-hydrogen) atoms. The summed E-state index contributed by atoms with van der Waals surface area (Å²) in [5.41, 5.74) is 13.1. The van der Waals surface area contributed by atoms with Gasteiger partial charge in [0, 0.05) is 17.4 Å². The molecule has 3 atom stereocenters. The molecule has 3 unspecified atom stereocenters. The van der Waals surface area contributed by atoms with E-state index < -0.39 is 5.91 Å². The van der Waals surface area contributed by atoms with Crippen LogP contribution in [0.1, 0.15) is 43.5 Å². The summed E-state index contributed by atoms with van der Waals surface area (Å²) < 4.78 is 0. The summed E-state index contributed by atoms with van der Waals surface area (Å²) in [5, 5.41) is 3.47. The Balaban J connectivity index is 2.22. The predicted octanol–water partition coefficient (Wildman–Crippen LogP) is 2.60. The Labute approximate surface area is 114 Å². The molecule has 1 amide bonds. The molecule has 0 aromatic heterocycles. The van der Waals surface area contributed by atoms with Crippen molar-refractivity contribution in [2.24, 2.45) is 17.6 Å². The summed E-state index contributed by atoms with van der Waals surface area (Å²) in [6, 6.07) is 5.57. The Kier molecular flexibility index (Phi) is 3.98. The maximum atomic E-state index is 11.5. The van der Waals surface area contributed by atoms with Crippen molar-refractivity contribution >= 4 is 17.3 Å². The summed E-state index contributed by atoms with van der Waals surface area (Å²) >= 11 is 0. The van der Waals surface area contributed by atoms with E-state index in [2.05, 4.69) is 19.2 Å². The zero-order valence-electron chi connectivity index (χ0n) is 11.6. The monoisotopic (exact) mass is 261 g/mol. The smallest absolute Gasteiger partial charge is 0.250 e. The minimum atomic E-state index is -0.418. The Morgan fingerprint density at radius 3 is 2.74 bits per heavy atom. The third kappa shape index (κ3) is 3.00. The van der Waals surface area contributed by atoms with Crippen LogP contribution in [0.5, 0.6) is 0 Å². The van der Waals surface area contributed by atoms with E-state index in [1.165, 1.54) is 12.8 Å². The summed E-state index contributed by atoms with van der Waals surface area (Å²) in [5.74, 6) is 0.860. The van der Waals surface area contributed by atoms with Crippen LogP contribution in [0.15, 0.2) is 18.2 Å². The van der Waals surface area contributed by atoms with Crippen molar-refractivity contribution in [2.75, 3.05) is 11.1 Å². The second-order valence-corrected chi connectivity index (χ2v) is 5.69. The van der Waals surface area contributed by atoms with Crippen molar-refractivity contribution in [3.63, 3.8) is 0 Å². The highest BCUT2D eigenvalue weighted by Crippen LogP contribution is 2.32. The fraction of sp³-hybridized carbons (Fsp3) is 0.533. The number of nitrogens with two attached hydrogens (primary N) is 2. The largest absolute Gasteiger partial charge is 0.399 e. The number of primary amides is 1. The zero-order valence-corrected chi connectivity index (χ0v) is 11.6. The number of amides is 1. The van der Waals surface area contributed by atoms with Crippen molar-refractivity contribution < 1.29 is 4.79 Å². The van der Waals surface area contributed by atoms with Gasteiger partial charge >= 0.3 is 0 Å². The van der Waals surface area contributed by atoms with Crippen molar-refractivity contribution in [3.8, 4) is 0 Å². The first kappa shape index (κ1) is 13.7. The lowest BCUT2D eigenvalue weighted by Crippen LogP contribution is -2.35. The molecule has 1 aliphatic carbocycles. The maximum Gasteiger partial charge on any atom is 0.250 e. The van der Waals surface area contributed by atoms with E-state index >= 15 is 0 Å². The molecule has 4 nitrogen and oxygen atoms in total. The quantitative estimate of drug-likeness (QED) is 0.731. The number of carbonyl (C=O) groups is 1. The highest BCUT2D eigenvalue weighted by molar-refractivity contribution is 5.99. The van der Waals surface area contributed by atoms with E-state index in [0.29, 0.717) is 29.1 Å². The molecule has 4 heteroatoms. The van der Waals surface area contributed by atoms with Crippen LogP contribution >= 0.6 is 0 Å². The van der Waals surface area contributed by atoms with Gasteiger partial charge in [0.1, 0.15) is 0 Å². The first-order chi connectivity index (χ1) is 8.99. The molecule has 1 saturated carbocycles.